The quantitative estimate of drug-likeness (QED) is 0.375. The van der Waals surface area contributed by atoms with E-state index in [4.69, 9.17) is 9.84 Å². The van der Waals surface area contributed by atoms with Gasteiger partial charge in [-0.2, -0.15) is 0 Å². The molecule has 1 aliphatic rings. The van der Waals surface area contributed by atoms with Crippen LogP contribution in [-0.2, 0) is 19.1 Å². The number of carbonyl (C=O) groups excluding carboxylic acids is 3. The molecule has 3 amide bonds. The number of carboxylic acids is 1. The number of carboxylic acid groups (broad SMARTS) is 1. The van der Waals surface area contributed by atoms with E-state index >= 15 is 0 Å². The number of hydrogen-bond donors (Lipinski definition) is 4. The zero-order valence-electron chi connectivity index (χ0n) is 19.0. The number of aliphatic carboxylic acids is 1. The van der Waals surface area contributed by atoms with Gasteiger partial charge in [0.15, 0.2) is 0 Å². The van der Waals surface area contributed by atoms with Gasteiger partial charge in [0, 0.05) is 32.4 Å². The molecule has 0 spiro atoms. The van der Waals surface area contributed by atoms with E-state index < -0.39 is 24.0 Å². The molecule has 0 aliphatic heterocycles. The Bertz CT molecular complexity index is 1010. The summed E-state index contributed by atoms with van der Waals surface area (Å²) in [7, 11) is 1.53. The summed E-state index contributed by atoms with van der Waals surface area (Å²) in [4.78, 5) is 47.3. The predicted octanol–water partition coefficient (Wildman–Crippen LogP) is 2.40. The van der Waals surface area contributed by atoms with Crippen molar-refractivity contribution in [2.24, 2.45) is 0 Å². The van der Waals surface area contributed by atoms with Crippen LogP contribution in [0.4, 0.5) is 4.79 Å². The normalized spacial score (nSPS) is 12.7. The van der Waals surface area contributed by atoms with E-state index in [1.165, 1.54) is 7.05 Å². The highest BCUT2D eigenvalue weighted by Gasteiger charge is 2.29. The molecule has 0 saturated carbocycles. The van der Waals surface area contributed by atoms with Crippen molar-refractivity contribution < 1.29 is 29.0 Å². The fraction of sp³-hybridized carbons (Fsp3) is 0.360. The van der Waals surface area contributed by atoms with E-state index in [0.29, 0.717) is 6.42 Å². The lowest BCUT2D eigenvalue weighted by Gasteiger charge is -2.19. The Kier molecular flexibility index (Phi) is 8.61. The Morgan fingerprint density at radius 3 is 2.18 bits per heavy atom. The van der Waals surface area contributed by atoms with Crippen LogP contribution in [-0.4, -0.2) is 55.2 Å². The van der Waals surface area contributed by atoms with E-state index in [9.17, 15) is 19.2 Å². The first-order valence-corrected chi connectivity index (χ1v) is 11.2. The fourth-order valence-electron chi connectivity index (χ4n) is 4.03. The molecule has 1 atom stereocenters. The smallest absolute Gasteiger partial charge is 0.407 e. The maximum atomic E-state index is 12.5. The van der Waals surface area contributed by atoms with Crippen LogP contribution in [0.15, 0.2) is 48.5 Å². The molecule has 0 bridgehead atoms. The minimum atomic E-state index is -1.08. The van der Waals surface area contributed by atoms with Gasteiger partial charge in [-0.15, -0.1) is 0 Å². The maximum absolute atomic E-state index is 12.5. The lowest BCUT2D eigenvalue weighted by atomic mass is 9.98. The van der Waals surface area contributed by atoms with Crippen molar-refractivity contribution in [2.45, 2.75) is 37.6 Å². The SMILES string of the molecule is CNC(=O)CCCNC(=O)C(CCC(=O)O)NC(=O)OCC1c2ccccc2-c2ccccc21. The number of nitrogens with one attached hydrogen (secondary N) is 3. The third-order valence-corrected chi connectivity index (χ3v) is 5.76. The lowest BCUT2D eigenvalue weighted by Crippen LogP contribution is -2.47. The molecule has 0 radical (unpaired) electrons. The van der Waals surface area contributed by atoms with Crippen molar-refractivity contribution in [3.8, 4) is 11.1 Å². The van der Waals surface area contributed by atoms with Gasteiger partial charge < -0.3 is 25.8 Å². The maximum Gasteiger partial charge on any atom is 0.407 e. The summed E-state index contributed by atoms with van der Waals surface area (Å²) in [6.07, 6.45) is -0.503. The third kappa shape index (κ3) is 6.34. The molecular formula is C25H29N3O6. The predicted molar refractivity (Wildman–Crippen MR) is 125 cm³/mol. The summed E-state index contributed by atoms with van der Waals surface area (Å²) in [5.41, 5.74) is 4.32. The molecule has 2 aromatic rings. The zero-order valence-corrected chi connectivity index (χ0v) is 19.0. The lowest BCUT2D eigenvalue weighted by molar-refractivity contribution is -0.137. The van der Waals surface area contributed by atoms with Crippen LogP contribution < -0.4 is 16.0 Å². The topological polar surface area (TPSA) is 134 Å². The molecule has 1 unspecified atom stereocenters. The van der Waals surface area contributed by atoms with Crippen LogP contribution in [0.25, 0.3) is 11.1 Å². The van der Waals surface area contributed by atoms with E-state index in [2.05, 4.69) is 16.0 Å². The molecule has 0 aromatic heterocycles. The second-order valence-corrected chi connectivity index (χ2v) is 8.02. The molecular weight excluding hydrogens is 438 g/mol. The van der Waals surface area contributed by atoms with Crippen molar-refractivity contribution in [3.63, 3.8) is 0 Å². The second-order valence-electron chi connectivity index (χ2n) is 8.02. The first-order chi connectivity index (χ1) is 16.4. The van der Waals surface area contributed by atoms with E-state index in [-0.39, 0.29) is 44.2 Å². The monoisotopic (exact) mass is 467 g/mol. The average molecular weight is 468 g/mol. The van der Waals surface area contributed by atoms with Crippen LogP contribution in [0.2, 0.25) is 0 Å². The van der Waals surface area contributed by atoms with Gasteiger partial charge in [-0.3, -0.25) is 14.4 Å². The van der Waals surface area contributed by atoms with Crippen LogP contribution in [0, 0.1) is 0 Å². The number of hydrogen-bond acceptors (Lipinski definition) is 5. The van der Waals surface area contributed by atoms with Gasteiger partial charge in [-0.25, -0.2) is 4.79 Å². The summed E-state index contributed by atoms with van der Waals surface area (Å²) in [6, 6.07) is 14.8. The third-order valence-electron chi connectivity index (χ3n) is 5.76. The van der Waals surface area contributed by atoms with Crippen molar-refractivity contribution >= 4 is 23.9 Å². The largest absolute Gasteiger partial charge is 0.481 e. The first-order valence-electron chi connectivity index (χ1n) is 11.2. The summed E-state index contributed by atoms with van der Waals surface area (Å²) >= 11 is 0. The Labute approximate surface area is 197 Å². The van der Waals surface area contributed by atoms with Gasteiger partial charge in [-0.05, 0) is 35.1 Å². The molecule has 3 rings (SSSR count). The Morgan fingerprint density at radius 1 is 0.971 bits per heavy atom. The standard InChI is InChI=1S/C25H29N3O6/c1-26-22(29)11-6-14-27-24(32)21(12-13-23(30)31)28-25(33)34-15-20-18-9-4-2-7-16(18)17-8-3-5-10-19(17)20/h2-5,7-10,20-21H,6,11-15H2,1H3,(H,26,29)(H,27,32)(H,28,33)(H,30,31). The van der Waals surface area contributed by atoms with Crippen LogP contribution >= 0.6 is 0 Å². The number of fused-ring (bicyclic) bond motifs is 3. The van der Waals surface area contributed by atoms with Crippen molar-refractivity contribution in [2.75, 3.05) is 20.2 Å². The number of ether oxygens (including phenoxy) is 1. The zero-order chi connectivity index (χ0) is 24.5. The highest BCUT2D eigenvalue weighted by molar-refractivity contribution is 5.86. The van der Waals surface area contributed by atoms with Crippen LogP contribution in [0.1, 0.15) is 42.7 Å². The Morgan fingerprint density at radius 2 is 1.59 bits per heavy atom. The molecule has 4 N–H and O–H groups in total. The molecule has 0 heterocycles. The number of amides is 3. The summed E-state index contributed by atoms with van der Waals surface area (Å²) in [6.45, 7) is 0.307. The molecule has 2 aromatic carbocycles. The number of benzene rings is 2. The van der Waals surface area contributed by atoms with Crippen LogP contribution in [0.3, 0.4) is 0 Å². The van der Waals surface area contributed by atoms with Crippen molar-refractivity contribution in [1.29, 1.82) is 0 Å². The number of carbonyl (C=O) groups is 4. The van der Waals surface area contributed by atoms with E-state index in [1.807, 2.05) is 48.5 Å². The molecule has 34 heavy (non-hydrogen) atoms. The molecule has 9 nitrogen and oxygen atoms in total. The fourth-order valence-corrected chi connectivity index (χ4v) is 4.03. The Hall–Kier alpha value is -3.88. The summed E-state index contributed by atoms with van der Waals surface area (Å²) in [5, 5.41) is 16.6. The minimum Gasteiger partial charge on any atom is -0.481 e. The first kappa shape index (κ1) is 24.8. The van der Waals surface area contributed by atoms with E-state index in [1.54, 1.807) is 0 Å². The minimum absolute atomic E-state index is 0.0825. The van der Waals surface area contributed by atoms with Gasteiger partial charge in [0.2, 0.25) is 11.8 Å². The highest BCUT2D eigenvalue weighted by atomic mass is 16.5. The summed E-state index contributed by atoms with van der Waals surface area (Å²) in [5.74, 6) is -1.87. The summed E-state index contributed by atoms with van der Waals surface area (Å²) < 4.78 is 5.47. The van der Waals surface area contributed by atoms with Gasteiger partial charge in [0.1, 0.15) is 12.6 Å². The average Bonchev–Trinajstić information content (AvgIpc) is 3.16. The van der Waals surface area contributed by atoms with E-state index in [0.717, 1.165) is 22.3 Å². The van der Waals surface area contributed by atoms with Gasteiger partial charge in [0.05, 0.1) is 0 Å². The Balaban J connectivity index is 1.58. The van der Waals surface area contributed by atoms with Crippen LogP contribution in [0.5, 0.6) is 0 Å². The molecule has 180 valence electrons. The number of alkyl carbamates (subject to hydrolysis) is 1. The molecule has 0 fully saturated rings. The van der Waals surface area contributed by atoms with Crippen molar-refractivity contribution in [3.05, 3.63) is 59.7 Å². The second kappa shape index (κ2) is 11.8. The highest BCUT2D eigenvalue weighted by Crippen LogP contribution is 2.44. The molecule has 0 saturated heterocycles. The van der Waals surface area contributed by atoms with Gasteiger partial charge >= 0.3 is 12.1 Å². The van der Waals surface area contributed by atoms with Gasteiger partial charge in [-0.1, -0.05) is 48.5 Å². The number of rotatable bonds is 11. The molecule has 1 aliphatic carbocycles. The van der Waals surface area contributed by atoms with Crippen molar-refractivity contribution in [1.82, 2.24) is 16.0 Å². The van der Waals surface area contributed by atoms with Gasteiger partial charge in [0.25, 0.3) is 0 Å². The molecule has 9 heteroatoms.